The van der Waals surface area contributed by atoms with E-state index in [0.29, 0.717) is 6.42 Å². The number of aromatic nitrogens is 3. The predicted octanol–water partition coefficient (Wildman–Crippen LogP) is 3.11. The Labute approximate surface area is 131 Å². The molecule has 0 amide bonds. The topological polar surface area (TPSA) is 77.1 Å². The van der Waals surface area contributed by atoms with E-state index in [1.165, 1.54) is 0 Å². The molecule has 1 aromatic heterocycles. The molecule has 8 heteroatoms. The van der Waals surface area contributed by atoms with E-state index in [9.17, 15) is 13.6 Å². The van der Waals surface area contributed by atoms with E-state index >= 15 is 0 Å². The highest BCUT2D eigenvalue weighted by molar-refractivity contribution is 5.93. The number of halogens is 2. The van der Waals surface area contributed by atoms with Crippen LogP contribution in [0.15, 0.2) is 12.1 Å². The van der Waals surface area contributed by atoms with Gasteiger partial charge in [0.1, 0.15) is 5.69 Å². The average Bonchev–Trinajstić information content (AvgIpc) is 2.99. The van der Waals surface area contributed by atoms with Crippen molar-refractivity contribution in [3.05, 3.63) is 29.5 Å². The van der Waals surface area contributed by atoms with E-state index in [-0.39, 0.29) is 30.2 Å². The first kappa shape index (κ1) is 16.9. The second kappa shape index (κ2) is 7.66. The molecule has 0 bridgehead atoms. The number of hydrogen-bond donors (Lipinski definition) is 1. The van der Waals surface area contributed by atoms with Crippen LogP contribution in [0.1, 0.15) is 37.2 Å². The van der Waals surface area contributed by atoms with Gasteiger partial charge in [0.2, 0.25) is 0 Å². The molecule has 0 aliphatic carbocycles. The monoisotopic (exact) mass is 325 g/mol. The highest BCUT2D eigenvalue weighted by atomic mass is 19.1. The number of esters is 1. The van der Waals surface area contributed by atoms with Crippen LogP contribution in [0.2, 0.25) is 0 Å². The molecule has 0 aliphatic heterocycles. The smallest absolute Gasteiger partial charge is 0.361 e. The zero-order chi connectivity index (χ0) is 16.8. The van der Waals surface area contributed by atoms with Crippen LogP contribution in [0, 0.1) is 11.6 Å². The lowest BCUT2D eigenvalue weighted by Gasteiger charge is -2.09. The number of benzene rings is 1. The summed E-state index contributed by atoms with van der Waals surface area (Å²) in [5, 5.41) is 9.69. The van der Waals surface area contributed by atoms with Gasteiger partial charge in [0.15, 0.2) is 23.1 Å². The van der Waals surface area contributed by atoms with Gasteiger partial charge in [-0.1, -0.05) is 13.3 Å². The fraction of sp³-hybridized carbons (Fsp3) is 0.400. The van der Waals surface area contributed by atoms with Crippen LogP contribution >= 0.6 is 0 Å². The van der Waals surface area contributed by atoms with Crippen molar-refractivity contribution >= 4 is 5.97 Å². The number of rotatable bonds is 7. The molecule has 0 saturated carbocycles. The largest absolute Gasteiger partial charge is 0.488 e. The van der Waals surface area contributed by atoms with Crippen LogP contribution in [-0.2, 0) is 4.74 Å². The number of aromatic amines is 1. The van der Waals surface area contributed by atoms with Gasteiger partial charge < -0.3 is 9.47 Å². The number of ether oxygens (including phenoxy) is 2. The average molecular weight is 325 g/mol. The van der Waals surface area contributed by atoms with Crippen molar-refractivity contribution in [2.45, 2.75) is 26.7 Å². The van der Waals surface area contributed by atoms with E-state index in [0.717, 1.165) is 18.6 Å². The summed E-state index contributed by atoms with van der Waals surface area (Å²) in [4.78, 5) is 11.8. The molecular formula is C15H17F2N3O3. The third-order valence-corrected chi connectivity index (χ3v) is 3.03. The van der Waals surface area contributed by atoms with Gasteiger partial charge in [-0.05, 0) is 25.5 Å². The summed E-state index contributed by atoms with van der Waals surface area (Å²) in [7, 11) is 0. The third-order valence-electron chi connectivity index (χ3n) is 3.03. The second-order valence-corrected chi connectivity index (χ2v) is 4.71. The van der Waals surface area contributed by atoms with Crippen LogP contribution in [-0.4, -0.2) is 34.6 Å². The molecule has 0 fully saturated rings. The summed E-state index contributed by atoms with van der Waals surface area (Å²) in [6, 6.07) is 2.09. The standard InChI is InChI=1S/C15H17F2N3O3/c1-3-5-6-23-14-10(16)7-9(8-11(14)17)12-13(19-20-18-12)15(21)22-4-2/h7-8H,3-6H2,1-2H3,(H,18,19,20). The molecule has 1 N–H and O–H groups in total. The minimum absolute atomic E-state index is 0.0151. The molecular weight excluding hydrogens is 308 g/mol. The lowest BCUT2D eigenvalue weighted by Crippen LogP contribution is -2.07. The summed E-state index contributed by atoms with van der Waals surface area (Å²) < 4.78 is 38.1. The Morgan fingerprint density at radius 2 is 1.91 bits per heavy atom. The molecule has 0 atom stereocenters. The number of carbonyl (C=O) groups is 1. The SMILES string of the molecule is CCCCOc1c(F)cc(-c2n[nH]nc2C(=O)OCC)cc1F. The van der Waals surface area contributed by atoms with Crippen molar-refractivity contribution in [1.82, 2.24) is 15.4 Å². The number of unbranched alkanes of at least 4 members (excludes halogenated alkanes) is 1. The van der Waals surface area contributed by atoms with Gasteiger partial charge in [-0.3, -0.25) is 0 Å². The number of H-pyrrole nitrogens is 1. The maximum absolute atomic E-state index is 14.1. The van der Waals surface area contributed by atoms with Crippen molar-refractivity contribution in [2.75, 3.05) is 13.2 Å². The van der Waals surface area contributed by atoms with Gasteiger partial charge in [0.25, 0.3) is 0 Å². The molecule has 23 heavy (non-hydrogen) atoms. The van der Waals surface area contributed by atoms with Crippen molar-refractivity contribution in [1.29, 1.82) is 0 Å². The quantitative estimate of drug-likeness (QED) is 0.625. The first-order valence-corrected chi connectivity index (χ1v) is 7.28. The van der Waals surface area contributed by atoms with Gasteiger partial charge in [-0.15, -0.1) is 5.10 Å². The lowest BCUT2D eigenvalue weighted by molar-refractivity contribution is 0.0520. The fourth-order valence-electron chi connectivity index (χ4n) is 1.93. The third kappa shape index (κ3) is 3.82. The lowest BCUT2D eigenvalue weighted by atomic mass is 10.1. The van der Waals surface area contributed by atoms with Crippen molar-refractivity contribution in [3.8, 4) is 17.0 Å². The highest BCUT2D eigenvalue weighted by Crippen LogP contribution is 2.29. The summed E-state index contributed by atoms with van der Waals surface area (Å²) >= 11 is 0. The van der Waals surface area contributed by atoms with Crippen LogP contribution in [0.3, 0.4) is 0 Å². The van der Waals surface area contributed by atoms with Crippen LogP contribution in [0.4, 0.5) is 8.78 Å². The molecule has 0 aliphatic rings. The van der Waals surface area contributed by atoms with Crippen LogP contribution < -0.4 is 4.74 Å². The number of carbonyl (C=O) groups excluding carboxylic acids is 1. The minimum Gasteiger partial charge on any atom is -0.488 e. The maximum atomic E-state index is 14.1. The number of nitrogens with zero attached hydrogens (tertiary/aromatic N) is 2. The molecule has 0 unspecified atom stereocenters. The van der Waals surface area contributed by atoms with E-state index < -0.39 is 23.4 Å². The van der Waals surface area contributed by atoms with Crippen LogP contribution in [0.5, 0.6) is 5.75 Å². The number of nitrogens with one attached hydrogen (secondary N) is 1. The van der Waals surface area contributed by atoms with Gasteiger partial charge in [0.05, 0.1) is 13.2 Å². The summed E-state index contributed by atoms with van der Waals surface area (Å²) in [6.07, 6.45) is 1.54. The highest BCUT2D eigenvalue weighted by Gasteiger charge is 2.22. The predicted molar refractivity (Wildman–Crippen MR) is 78.1 cm³/mol. The van der Waals surface area contributed by atoms with E-state index in [1.807, 2.05) is 6.92 Å². The molecule has 1 heterocycles. The molecule has 124 valence electrons. The Bertz CT molecular complexity index is 665. The van der Waals surface area contributed by atoms with E-state index in [1.54, 1.807) is 6.92 Å². The molecule has 2 rings (SSSR count). The van der Waals surface area contributed by atoms with E-state index in [4.69, 9.17) is 9.47 Å². The van der Waals surface area contributed by atoms with Crippen LogP contribution in [0.25, 0.3) is 11.3 Å². The van der Waals surface area contributed by atoms with Gasteiger partial charge in [0, 0.05) is 5.56 Å². The Kier molecular flexibility index (Phi) is 5.61. The summed E-state index contributed by atoms with van der Waals surface area (Å²) in [5.74, 6) is -2.90. The van der Waals surface area contributed by atoms with Gasteiger partial charge in [-0.25, -0.2) is 13.6 Å². The van der Waals surface area contributed by atoms with Crippen molar-refractivity contribution < 1.29 is 23.0 Å². The summed E-state index contributed by atoms with van der Waals surface area (Å²) in [5.41, 5.74) is -0.0497. The molecule has 1 aromatic carbocycles. The molecule has 6 nitrogen and oxygen atoms in total. The normalized spacial score (nSPS) is 10.6. The molecule has 0 radical (unpaired) electrons. The van der Waals surface area contributed by atoms with Crippen molar-refractivity contribution in [3.63, 3.8) is 0 Å². The number of hydrogen-bond acceptors (Lipinski definition) is 5. The van der Waals surface area contributed by atoms with Gasteiger partial charge in [-0.2, -0.15) is 10.3 Å². The Hall–Kier alpha value is -2.51. The van der Waals surface area contributed by atoms with Gasteiger partial charge >= 0.3 is 5.97 Å². The Morgan fingerprint density at radius 1 is 1.22 bits per heavy atom. The molecule has 0 spiro atoms. The Balaban J connectivity index is 2.32. The van der Waals surface area contributed by atoms with Crippen molar-refractivity contribution in [2.24, 2.45) is 0 Å². The zero-order valence-corrected chi connectivity index (χ0v) is 12.9. The zero-order valence-electron chi connectivity index (χ0n) is 12.9. The fourth-order valence-corrected chi connectivity index (χ4v) is 1.93. The second-order valence-electron chi connectivity index (χ2n) is 4.71. The summed E-state index contributed by atoms with van der Waals surface area (Å²) in [6.45, 7) is 3.96. The Morgan fingerprint density at radius 3 is 2.52 bits per heavy atom. The minimum atomic E-state index is -0.867. The first-order chi connectivity index (χ1) is 11.1. The van der Waals surface area contributed by atoms with E-state index in [2.05, 4.69) is 15.4 Å². The molecule has 2 aromatic rings. The first-order valence-electron chi connectivity index (χ1n) is 7.28. The maximum Gasteiger partial charge on any atom is 0.361 e. The molecule has 0 saturated heterocycles.